The quantitative estimate of drug-likeness (QED) is 0.537. The molecule has 0 fully saturated rings. The van der Waals surface area contributed by atoms with E-state index < -0.39 is 19.9 Å². The fourth-order valence-electron chi connectivity index (χ4n) is 0.971. The maximum Gasteiger partial charge on any atom is 0.427 e. The van der Waals surface area contributed by atoms with Crippen molar-refractivity contribution in [1.29, 1.82) is 0 Å². The van der Waals surface area contributed by atoms with Gasteiger partial charge in [0, 0.05) is 0 Å². The lowest BCUT2D eigenvalue weighted by molar-refractivity contribution is -0.0908. The molecule has 0 saturated carbocycles. The molecule has 0 aliphatic carbocycles. The monoisotopic (exact) mass is 241 g/mol. The van der Waals surface area contributed by atoms with Gasteiger partial charge in [0.1, 0.15) is 0 Å². The second-order valence-electron chi connectivity index (χ2n) is 2.39. The van der Waals surface area contributed by atoms with Gasteiger partial charge in [-0.3, -0.25) is 4.67 Å². The Bertz CT molecular complexity index is 158. The van der Waals surface area contributed by atoms with E-state index in [9.17, 15) is 26.3 Å². The van der Waals surface area contributed by atoms with Crippen LogP contribution in [-0.2, 0) is 0 Å². The van der Waals surface area contributed by atoms with Gasteiger partial charge < -0.3 is 0 Å². The summed E-state index contributed by atoms with van der Waals surface area (Å²) in [6, 6.07) is 0. The van der Waals surface area contributed by atoms with Crippen molar-refractivity contribution in [3.05, 3.63) is 0 Å². The van der Waals surface area contributed by atoms with Gasteiger partial charge >= 0.3 is 11.8 Å². The molecule has 0 aliphatic heterocycles. The summed E-state index contributed by atoms with van der Waals surface area (Å²) in [5, 5.41) is 0. The Hall–Kier alpha value is -0.0300. The van der Waals surface area contributed by atoms with Crippen LogP contribution in [0.1, 0.15) is 13.8 Å². The molecule has 0 aromatic heterocycles. The van der Waals surface area contributed by atoms with E-state index in [4.69, 9.17) is 0 Å². The number of alkyl halides is 6. The third kappa shape index (κ3) is 3.61. The Balaban J connectivity index is 4.91. The Kier molecular flexibility index (Phi) is 4.65. The van der Waals surface area contributed by atoms with Crippen molar-refractivity contribution >= 4 is 8.07 Å². The van der Waals surface area contributed by atoms with Crippen LogP contribution < -0.4 is 0 Å². The predicted molar refractivity (Wildman–Crippen MR) is 42.0 cm³/mol. The normalized spacial score (nSPS) is 14.1. The van der Waals surface area contributed by atoms with Gasteiger partial charge in [-0.25, -0.2) is 0 Å². The lowest BCUT2D eigenvalue weighted by atomic mass is 10.7. The zero-order valence-corrected chi connectivity index (χ0v) is 8.47. The van der Waals surface area contributed by atoms with Crippen molar-refractivity contribution in [3.63, 3.8) is 0 Å². The molecule has 0 saturated heterocycles. The van der Waals surface area contributed by atoms with E-state index in [1.165, 1.54) is 13.8 Å². The molecule has 0 unspecified atom stereocenters. The molecule has 0 amide bonds. The molecule has 0 rings (SSSR count). The van der Waals surface area contributed by atoms with Gasteiger partial charge in [-0.2, -0.15) is 26.3 Å². The molecular weight excluding hydrogens is 231 g/mol. The average molecular weight is 241 g/mol. The largest absolute Gasteiger partial charge is 0.427 e. The molecule has 0 bridgehead atoms. The molecule has 86 valence electrons. The third-order valence-corrected chi connectivity index (χ3v) is 3.59. The van der Waals surface area contributed by atoms with E-state index in [0.717, 1.165) is 0 Å². The highest BCUT2D eigenvalue weighted by molar-refractivity contribution is 7.57. The molecule has 8 heteroatoms. The number of halogens is 6. The van der Waals surface area contributed by atoms with Crippen LogP contribution in [0.25, 0.3) is 0 Å². The first-order valence-corrected chi connectivity index (χ1v) is 5.12. The minimum Gasteiger partial charge on any atom is -0.268 e. The highest BCUT2D eigenvalue weighted by atomic mass is 31.1. The van der Waals surface area contributed by atoms with Crippen molar-refractivity contribution in [2.45, 2.75) is 25.7 Å². The fraction of sp³-hybridized carbons (Fsp3) is 1.00. The van der Waals surface area contributed by atoms with Crippen molar-refractivity contribution in [2.75, 3.05) is 13.1 Å². The summed E-state index contributed by atoms with van der Waals surface area (Å²) in [7, 11) is -4.07. The molecule has 0 heterocycles. The van der Waals surface area contributed by atoms with E-state index in [-0.39, 0.29) is 13.1 Å². The van der Waals surface area contributed by atoms with Gasteiger partial charge in [-0.05, 0) is 13.1 Å². The first-order chi connectivity index (χ1) is 6.14. The number of hydrogen-bond acceptors (Lipinski definition) is 1. The molecule has 0 radical (unpaired) electrons. The summed E-state index contributed by atoms with van der Waals surface area (Å²) in [6.45, 7) is 2.02. The molecule has 0 spiro atoms. The molecular formula is C6H10F6NP. The van der Waals surface area contributed by atoms with Gasteiger partial charge in [-0.1, -0.05) is 13.8 Å². The number of rotatable bonds is 3. The second kappa shape index (κ2) is 4.66. The minimum absolute atomic E-state index is 0.263. The Morgan fingerprint density at radius 3 is 1.21 bits per heavy atom. The highest BCUT2D eigenvalue weighted by Crippen LogP contribution is 2.66. The van der Waals surface area contributed by atoms with E-state index in [1.807, 2.05) is 0 Å². The number of hydrogen-bond donors (Lipinski definition) is 0. The summed E-state index contributed by atoms with van der Waals surface area (Å²) in [5.41, 5.74) is 0. The Morgan fingerprint density at radius 1 is 0.857 bits per heavy atom. The van der Waals surface area contributed by atoms with Gasteiger partial charge in [0.15, 0.2) is 8.07 Å². The molecule has 0 atom stereocenters. The zero-order chi connectivity index (χ0) is 11.6. The summed E-state index contributed by atoms with van der Waals surface area (Å²) in [6.07, 6.45) is 0. The van der Waals surface area contributed by atoms with Crippen molar-refractivity contribution in [2.24, 2.45) is 0 Å². The van der Waals surface area contributed by atoms with Gasteiger partial charge in [0.2, 0.25) is 0 Å². The second-order valence-corrected chi connectivity index (χ2v) is 4.59. The Morgan fingerprint density at radius 2 is 1.14 bits per heavy atom. The van der Waals surface area contributed by atoms with Gasteiger partial charge in [0.25, 0.3) is 0 Å². The fourth-order valence-corrected chi connectivity index (χ4v) is 2.47. The molecule has 1 nitrogen and oxygen atoms in total. The van der Waals surface area contributed by atoms with Crippen LogP contribution in [-0.4, -0.2) is 29.6 Å². The van der Waals surface area contributed by atoms with Crippen LogP contribution in [0.3, 0.4) is 0 Å². The van der Waals surface area contributed by atoms with Crippen molar-refractivity contribution < 1.29 is 26.3 Å². The minimum atomic E-state index is -5.21. The van der Waals surface area contributed by atoms with E-state index >= 15 is 0 Å². The van der Waals surface area contributed by atoms with Gasteiger partial charge in [0.05, 0.1) is 0 Å². The third-order valence-electron chi connectivity index (χ3n) is 1.49. The van der Waals surface area contributed by atoms with Crippen molar-refractivity contribution in [1.82, 2.24) is 4.67 Å². The van der Waals surface area contributed by atoms with Crippen LogP contribution in [0.4, 0.5) is 26.3 Å². The molecule has 0 aliphatic rings. The topological polar surface area (TPSA) is 3.24 Å². The summed E-state index contributed by atoms with van der Waals surface area (Å²) < 4.78 is 73.0. The first kappa shape index (κ1) is 14.0. The molecule has 0 aromatic carbocycles. The summed E-state index contributed by atoms with van der Waals surface area (Å²) in [4.78, 5) is 0. The molecule has 14 heavy (non-hydrogen) atoms. The van der Waals surface area contributed by atoms with E-state index in [1.54, 1.807) is 0 Å². The van der Waals surface area contributed by atoms with E-state index in [0.29, 0.717) is 4.67 Å². The molecule has 0 aromatic rings. The standard InChI is InChI=1S/C6H10F6NP/c1-3-13(4-2)14(5(7,8)9)6(10,11)12/h3-4H2,1-2H3. The SMILES string of the molecule is CCN(CC)P(C(F)(F)F)C(F)(F)F. The average Bonchev–Trinajstić information content (AvgIpc) is 1.94. The van der Waals surface area contributed by atoms with Crippen LogP contribution >= 0.6 is 8.07 Å². The first-order valence-electron chi connectivity index (χ1n) is 3.83. The lowest BCUT2D eigenvalue weighted by Gasteiger charge is -2.31. The summed E-state index contributed by atoms with van der Waals surface area (Å²) >= 11 is 0. The highest BCUT2D eigenvalue weighted by Gasteiger charge is 2.59. The maximum atomic E-state index is 12.1. The molecule has 0 N–H and O–H groups in total. The zero-order valence-electron chi connectivity index (χ0n) is 7.58. The van der Waals surface area contributed by atoms with Crippen molar-refractivity contribution in [3.8, 4) is 0 Å². The maximum absolute atomic E-state index is 12.1. The van der Waals surface area contributed by atoms with Crippen LogP contribution in [0.2, 0.25) is 0 Å². The van der Waals surface area contributed by atoms with Crippen LogP contribution in [0.5, 0.6) is 0 Å². The Labute approximate surface area is 78.9 Å². The number of nitrogens with zero attached hydrogens (tertiary/aromatic N) is 1. The van der Waals surface area contributed by atoms with Crippen LogP contribution in [0.15, 0.2) is 0 Å². The summed E-state index contributed by atoms with van der Waals surface area (Å²) in [5.74, 6) is -10.4. The van der Waals surface area contributed by atoms with Crippen LogP contribution in [0, 0.1) is 0 Å². The smallest absolute Gasteiger partial charge is 0.268 e. The van der Waals surface area contributed by atoms with Gasteiger partial charge in [-0.15, -0.1) is 0 Å². The lowest BCUT2D eigenvalue weighted by Crippen LogP contribution is -2.32. The van der Waals surface area contributed by atoms with E-state index in [2.05, 4.69) is 0 Å². The predicted octanol–water partition coefficient (Wildman–Crippen LogP) is 3.76.